The minimum atomic E-state index is -1.35. The molecule has 0 spiro atoms. The number of fused-ring (bicyclic) bond motifs is 4. The molecule has 0 bridgehead atoms. The molecule has 0 atom stereocenters. The largest absolute Gasteiger partial charge is 0.501 e. The smallest absolute Gasteiger partial charge is 0.120 e. The number of pyridine rings is 1. The summed E-state index contributed by atoms with van der Waals surface area (Å²) in [6, 6.07) is 65.6. The molecule has 0 saturated heterocycles. The van der Waals surface area contributed by atoms with Crippen molar-refractivity contribution in [2.75, 3.05) is 0 Å². The molecule has 4 nitrogen and oxygen atoms in total. The number of rotatable bonds is 8. The summed E-state index contributed by atoms with van der Waals surface area (Å²) in [5.41, 5.74) is 13.8. The average Bonchev–Trinajstić information content (AvgIpc) is 4.07. The number of nitrogens with zero attached hydrogens (tertiary/aromatic N) is 3. The molecule has 0 N–H and O–H groups in total. The van der Waals surface area contributed by atoms with Crippen molar-refractivity contribution in [3.05, 3.63) is 194 Å². The maximum atomic E-state index is 6.45. The quantitative estimate of drug-likeness (QED) is 0.113. The predicted molar refractivity (Wildman–Crippen MR) is 261 cm³/mol. The van der Waals surface area contributed by atoms with E-state index in [1.54, 1.807) is 10.8 Å². The van der Waals surface area contributed by atoms with Gasteiger partial charge in [0, 0.05) is 42.9 Å². The first-order valence-corrected chi connectivity index (χ1v) is 25.4. The summed E-state index contributed by atoms with van der Waals surface area (Å²) in [5.74, 6) is 1.68. The molecule has 3 heterocycles. The summed E-state index contributed by atoms with van der Waals surface area (Å²) in [6.45, 7) is 7.28. The maximum Gasteiger partial charge on any atom is 0.120 e. The molecule has 3 aromatic heterocycles. The van der Waals surface area contributed by atoms with Crippen LogP contribution in [0.15, 0.2) is 180 Å². The van der Waals surface area contributed by atoms with Gasteiger partial charge in [0.1, 0.15) is 5.58 Å². The molecule has 0 aliphatic heterocycles. The van der Waals surface area contributed by atoms with Gasteiger partial charge in [-0.2, -0.15) is 0 Å². The Morgan fingerprint density at radius 1 is 0.667 bits per heavy atom. The molecule has 10 aromatic rings. The van der Waals surface area contributed by atoms with Crippen molar-refractivity contribution in [2.45, 2.75) is 51.7 Å². The summed E-state index contributed by atoms with van der Waals surface area (Å²) < 4.78 is 8.71. The minimum absolute atomic E-state index is 0. The van der Waals surface area contributed by atoms with Crippen LogP contribution in [0.4, 0.5) is 0 Å². The third-order valence-electron chi connectivity index (χ3n) is 12.3. The zero-order valence-corrected chi connectivity index (χ0v) is 39.3. The molecule has 6 heteroatoms. The molecule has 11 rings (SSSR count). The number of imidazole rings is 1. The molecule has 0 unspecified atom stereocenters. The summed E-state index contributed by atoms with van der Waals surface area (Å²) >= 11 is 0. The van der Waals surface area contributed by atoms with Crippen LogP contribution in [0.3, 0.4) is 0 Å². The molecule has 1 aliphatic rings. The fourth-order valence-electron chi connectivity index (χ4n) is 9.25. The minimum Gasteiger partial charge on any atom is -0.501 e. The van der Waals surface area contributed by atoms with E-state index in [1.165, 1.54) is 37.7 Å². The van der Waals surface area contributed by atoms with Gasteiger partial charge in [0.2, 0.25) is 0 Å². The number of aromatic nitrogens is 3. The summed E-state index contributed by atoms with van der Waals surface area (Å²) in [5, 5.41) is 3.69. The molecule has 0 amide bonds. The number of furan rings is 1. The van der Waals surface area contributed by atoms with Crippen LogP contribution >= 0.6 is 0 Å². The molecule has 1 saturated carbocycles. The van der Waals surface area contributed by atoms with Crippen molar-refractivity contribution in [1.29, 1.82) is 0 Å². The topological polar surface area (TPSA) is 43.9 Å². The van der Waals surface area contributed by atoms with Crippen LogP contribution in [-0.2, 0) is 26.5 Å². The zero-order chi connectivity index (χ0) is 42.0. The normalized spacial score (nSPS) is 12.9. The van der Waals surface area contributed by atoms with Gasteiger partial charge in [0.15, 0.2) is 0 Å². The molecule has 1 aliphatic carbocycles. The van der Waals surface area contributed by atoms with Crippen molar-refractivity contribution < 1.29 is 24.5 Å². The van der Waals surface area contributed by atoms with Crippen LogP contribution in [0.25, 0.3) is 83.6 Å². The van der Waals surface area contributed by atoms with Crippen LogP contribution in [0.1, 0.15) is 31.2 Å². The second-order valence-electron chi connectivity index (χ2n) is 17.5. The Bertz CT molecular complexity index is 3150. The van der Waals surface area contributed by atoms with Crippen LogP contribution in [-0.4, -0.2) is 22.6 Å². The SMILES string of the molecule is C[Si](C)(C)c1cnc(-c2[c-]cccc2)cc1CC1CCCC1.[Ir].[c-]1ccc2c(oc3ccccc32)c1-c1nc2ccccc2n1-c1cc(-c2ccccc2)ccc1-c1ccccc1. The van der Waals surface area contributed by atoms with Crippen molar-refractivity contribution in [3.8, 4) is 50.6 Å². The zero-order valence-electron chi connectivity index (χ0n) is 35.9. The second kappa shape index (κ2) is 18.3. The molecule has 1 fully saturated rings. The predicted octanol–water partition coefficient (Wildman–Crippen LogP) is 14.6. The Hall–Kier alpha value is -6.17. The summed E-state index contributed by atoms with van der Waals surface area (Å²) in [7, 11) is -1.35. The van der Waals surface area contributed by atoms with E-state index in [0.29, 0.717) is 0 Å². The van der Waals surface area contributed by atoms with Gasteiger partial charge in [-0.25, -0.2) is 0 Å². The van der Waals surface area contributed by atoms with E-state index in [9.17, 15) is 0 Å². The van der Waals surface area contributed by atoms with Crippen LogP contribution in [0.5, 0.6) is 0 Å². The Morgan fingerprint density at radius 2 is 1.38 bits per heavy atom. The van der Waals surface area contributed by atoms with Gasteiger partial charge < -0.3 is 14.0 Å². The van der Waals surface area contributed by atoms with E-state index >= 15 is 0 Å². The molecular weight excluding hydrogens is 963 g/mol. The fourth-order valence-corrected chi connectivity index (χ4v) is 10.8. The summed E-state index contributed by atoms with van der Waals surface area (Å²) in [6.07, 6.45) is 9.03. The van der Waals surface area contributed by atoms with Gasteiger partial charge in [0.05, 0.1) is 30.5 Å². The van der Waals surface area contributed by atoms with Crippen LogP contribution in [0.2, 0.25) is 19.6 Å². The van der Waals surface area contributed by atoms with Crippen LogP contribution < -0.4 is 5.19 Å². The molecule has 63 heavy (non-hydrogen) atoms. The number of hydrogen-bond acceptors (Lipinski definition) is 3. The van der Waals surface area contributed by atoms with Crippen molar-refractivity contribution in [1.82, 2.24) is 14.5 Å². The van der Waals surface area contributed by atoms with Crippen LogP contribution in [0, 0.1) is 18.1 Å². The first-order chi connectivity index (χ1) is 30.4. The third-order valence-corrected chi connectivity index (χ3v) is 14.4. The number of benzene rings is 7. The Labute approximate surface area is 385 Å². The summed E-state index contributed by atoms with van der Waals surface area (Å²) in [4.78, 5) is 9.94. The van der Waals surface area contributed by atoms with E-state index in [-0.39, 0.29) is 20.1 Å². The van der Waals surface area contributed by atoms with E-state index in [2.05, 4.69) is 164 Å². The van der Waals surface area contributed by atoms with Gasteiger partial charge in [-0.15, -0.1) is 54.1 Å². The van der Waals surface area contributed by atoms with Gasteiger partial charge in [-0.1, -0.05) is 171 Å². The molecule has 1 radical (unpaired) electrons. The standard InChI is InChI=1S/C37H23N2O.C20H26NSi.Ir/c1-3-12-25(13-4-1)27-22-23-28(26-14-5-2-6-15-26)34(24-27)39-33-20-9-8-19-32(33)38-37(39)31-18-11-17-30-29-16-7-10-21-35(29)40-36(30)31;1-22(2,3)20-15-21-19(17-11-5-4-6-12-17)14-18(20)13-16-9-7-8-10-16;/h1-17,19-24H;4-6,11,14-16H,7-10,13H2,1-3H3;/q2*-1;. The van der Waals surface area contributed by atoms with E-state index in [1.807, 2.05) is 48.5 Å². The van der Waals surface area contributed by atoms with E-state index in [4.69, 9.17) is 14.4 Å². The van der Waals surface area contributed by atoms with E-state index in [0.717, 1.165) is 83.9 Å². The van der Waals surface area contributed by atoms with Crippen molar-refractivity contribution in [3.63, 3.8) is 0 Å². The third kappa shape index (κ3) is 8.64. The van der Waals surface area contributed by atoms with E-state index < -0.39 is 8.07 Å². The second-order valence-corrected chi connectivity index (χ2v) is 22.6. The van der Waals surface area contributed by atoms with Crippen molar-refractivity contribution in [2.24, 2.45) is 5.92 Å². The van der Waals surface area contributed by atoms with Gasteiger partial charge in [-0.3, -0.25) is 4.98 Å². The average molecular weight is 1010 g/mol. The van der Waals surface area contributed by atoms with Gasteiger partial charge in [-0.05, 0) is 64.2 Å². The molecular formula is C57H49IrN3OSi-2. The first kappa shape index (κ1) is 42.1. The van der Waals surface area contributed by atoms with Crippen molar-refractivity contribution >= 4 is 46.2 Å². The first-order valence-electron chi connectivity index (χ1n) is 21.9. The maximum absolute atomic E-state index is 6.45. The Balaban J connectivity index is 0.000000187. The molecule has 313 valence electrons. The molecule has 7 aromatic carbocycles. The Kier molecular flexibility index (Phi) is 12.2. The monoisotopic (exact) mass is 1010 g/mol. The number of para-hydroxylation sites is 3. The van der Waals surface area contributed by atoms with Gasteiger partial charge >= 0.3 is 0 Å². The fraction of sp³-hybridized carbons (Fsp3) is 0.158. The van der Waals surface area contributed by atoms with Gasteiger partial charge in [0.25, 0.3) is 0 Å². The number of hydrogen-bond donors (Lipinski definition) is 0. The Morgan fingerprint density at radius 3 is 2.14 bits per heavy atom.